The van der Waals surface area contributed by atoms with E-state index in [1.54, 1.807) is 13.8 Å². The van der Waals surface area contributed by atoms with Crippen molar-refractivity contribution in [3.63, 3.8) is 0 Å². The van der Waals surface area contributed by atoms with Gasteiger partial charge in [0.1, 0.15) is 0 Å². The molecule has 1 fully saturated rings. The number of carbonyl (C=O) groups excluding carboxylic acids is 2. The van der Waals surface area contributed by atoms with Crippen LogP contribution in [0.15, 0.2) is 42.5 Å². The van der Waals surface area contributed by atoms with Gasteiger partial charge in [-0.3, -0.25) is 0 Å². The minimum atomic E-state index is -1.04. The van der Waals surface area contributed by atoms with Crippen molar-refractivity contribution >= 4 is 12.1 Å². The first kappa shape index (κ1) is 14.1. The maximum absolute atomic E-state index is 11.4. The Morgan fingerprint density at radius 2 is 2.10 bits per heavy atom. The number of esters is 1. The molecule has 1 aliphatic rings. The molecular weight excluding hydrogens is 260 g/mol. The number of hydrogen-bond acceptors (Lipinski definition) is 5. The van der Waals surface area contributed by atoms with Crippen LogP contribution in [0.25, 0.3) is 0 Å². The number of benzene rings is 1. The smallest absolute Gasteiger partial charge is 0.463 e. The lowest BCUT2D eigenvalue weighted by molar-refractivity contribution is -0.137. The Labute approximate surface area is 117 Å². The highest BCUT2D eigenvalue weighted by molar-refractivity contribution is 5.82. The molecule has 1 heterocycles. The number of carbonyl (C=O) groups is 2. The molecule has 20 heavy (non-hydrogen) atoms. The van der Waals surface area contributed by atoms with Crippen molar-refractivity contribution in [1.82, 2.24) is 0 Å². The SMILES string of the molecule is CCOC(=O)/C=C/[C@]1(C)OC(=O)O[C@H]1c1ccccc1. The molecule has 0 unspecified atom stereocenters. The Bertz CT molecular complexity index is 522. The van der Waals surface area contributed by atoms with Crippen LogP contribution in [-0.2, 0) is 19.0 Å². The molecular formula is C15H16O5. The normalized spacial score (nSPS) is 25.3. The predicted octanol–water partition coefficient (Wildman–Crippen LogP) is 2.77. The van der Waals surface area contributed by atoms with Crippen LogP contribution in [-0.4, -0.2) is 24.3 Å². The Hall–Kier alpha value is -2.30. The summed E-state index contributed by atoms with van der Waals surface area (Å²) in [6.45, 7) is 3.70. The van der Waals surface area contributed by atoms with E-state index >= 15 is 0 Å². The fraction of sp³-hybridized carbons (Fsp3) is 0.333. The van der Waals surface area contributed by atoms with Gasteiger partial charge in [0.2, 0.25) is 0 Å². The van der Waals surface area contributed by atoms with E-state index in [1.165, 1.54) is 12.2 Å². The third kappa shape index (κ3) is 2.99. The van der Waals surface area contributed by atoms with Crippen molar-refractivity contribution in [2.24, 2.45) is 0 Å². The van der Waals surface area contributed by atoms with E-state index in [2.05, 4.69) is 0 Å². The maximum Gasteiger partial charge on any atom is 0.510 e. The molecule has 0 aromatic heterocycles. The molecule has 1 aromatic carbocycles. The van der Waals surface area contributed by atoms with Crippen molar-refractivity contribution in [3.05, 3.63) is 48.0 Å². The Kier molecular flexibility index (Phi) is 4.08. The van der Waals surface area contributed by atoms with E-state index in [9.17, 15) is 9.59 Å². The number of cyclic esters (lactones) is 2. The summed E-state index contributed by atoms with van der Waals surface area (Å²) in [6.07, 6.45) is 1.39. The lowest BCUT2D eigenvalue weighted by atomic mass is 9.92. The molecule has 0 amide bonds. The molecule has 1 saturated heterocycles. The Balaban J connectivity index is 2.23. The molecule has 0 spiro atoms. The summed E-state index contributed by atoms with van der Waals surface area (Å²) in [5, 5.41) is 0. The third-order valence-corrected chi connectivity index (χ3v) is 2.98. The van der Waals surface area contributed by atoms with E-state index in [1.807, 2.05) is 30.3 Å². The molecule has 106 valence electrons. The summed E-state index contributed by atoms with van der Waals surface area (Å²) in [5.41, 5.74) is -0.236. The monoisotopic (exact) mass is 276 g/mol. The van der Waals surface area contributed by atoms with Crippen LogP contribution in [0.2, 0.25) is 0 Å². The van der Waals surface area contributed by atoms with Gasteiger partial charge in [-0.2, -0.15) is 0 Å². The van der Waals surface area contributed by atoms with Gasteiger partial charge in [0.25, 0.3) is 0 Å². The van der Waals surface area contributed by atoms with Gasteiger partial charge >= 0.3 is 12.1 Å². The van der Waals surface area contributed by atoms with Gasteiger partial charge in [0.05, 0.1) is 6.61 Å². The summed E-state index contributed by atoms with van der Waals surface area (Å²) in [6, 6.07) is 9.23. The van der Waals surface area contributed by atoms with Crippen LogP contribution in [0.4, 0.5) is 4.79 Å². The average molecular weight is 276 g/mol. The molecule has 0 radical (unpaired) electrons. The molecule has 2 atom stereocenters. The average Bonchev–Trinajstić information content (AvgIpc) is 2.74. The fourth-order valence-electron chi connectivity index (χ4n) is 2.04. The summed E-state index contributed by atoms with van der Waals surface area (Å²) < 4.78 is 15.2. The number of ether oxygens (including phenoxy) is 3. The van der Waals surface area contributed by atoms with Gasteiger partial charge < -0.3 is 14.2 Å². The van der Waals surface area contributed by atoms with E-state index < -0.39 is 23.8 Å². The van der Waals surface area contributed by atoms with Crippen molar-refractivity contribution in [1.29, 1.82) is 0 Å². The van der Waals surface area contributed by atoms with Crippen LogP contribution in [0.1, 0.15) is 25.5 Å². The van der Waals surface area contributed by atoms with Crippen LogP contribution < -0.4 is 0 Å². The molecule has 5 heteroatoms. The van der Waals surface area contributed by atoms with Gasteiger partial charge in [-0.25, -0.2) is 9.59 Å². The first-order chi connectivity index (χ1) is 9.55. The maximum atomic E-state index is 11.4. The predicted molar refractivity (Wildman–Crippen MR) is 70.9 cm³/mol. The second-order valence-corrected chi connectivity index (χ2v) is 4.53. The van der Waals surface area contributed by atoms with Gasteiger partial charge in [-0.1, -0.05) is 30.3 Å². The van der Waals surface area contributed by atoms with E-state index in [-0.39, 0.29) is 6.61 Å². The van der Waals surface area contributed by atoms with Crippen LogP contribution in [0.3, 0.4) is 0 Å². The summed E-state index contributed by atoms with van der Waals surface area (Å²) >= 11 is 0. The highest BCUT2D eigenvalue weighted by Crippen LogP contribution is 2.39. The lowest BCUT2D eigenvalue weighted by Gasteiger charge is -2.23. The highest BCUT2D eigenvalue weighted by atomic mass is 16.8. The van der Waals surface area contributed by atoms with Crippen molar-refractivity contribution in [3.8, 4) is 0 Å². The fourth-order valence-corrected chi connectivity index (χ4v) is 2.04. The second-order valence-electron chi connectivity index (χ2n) is 4.53. The zero-order valence-electron chi connectivity index (χ0n) is 11.4. The lowest BCUT2D eigenvalue weighted by Crippen LogP contribution is -2.28. The van der Waals surface area contributed by atoms with Gasteiger partial charge in [0, 0.05) is 6.08 Å². The summed E-state index contributed by atoms with van der Waals surface area (Å²) in [7, 11) is 0. The largest absolute Gasteiger partial charge is 0.510 e. The van der Waals surface area contributed by atoms with Gasteiger partial charge in [-0.05, 0) is 25.5 Å². The first-order valence-electron chi connectivity index (χ1n) is 6.35. The van der Waals surface area contributed by atoms with E-state index in [0.717, 1.165) is 5.56 Å². The van der Waals surface area contributed by atoms with Gasteiger partial charge in [0.15, 0.2) is 11.7 Å². The van der Waals surface area contributed by atoms with Crippen molar-refractivity contribution in [2.45, 2.75) is 25.6 Å². The minimum absolute atomic E-state index is 0.290. The van der Waals surface area contributed by atoms with E-state index in [0.29, 0.717) is 0 Å². The standard InChI is InChI=1S/C15H16O5/c1-3-18-12(16)9-10-15(2)13(19-14(17)20-15)11-7-5-4-6-8-11/h4-10,13H,3H2,1-2H3/b10-9+/t13-,15-/m0/s1. The summed E-state index contributed by atoms with van der Waals surface area (Å²) in [5.74, 6) is -0.483. The second kappa shape index (κ2) is 5.77. The number of rotatable bonds is 4. The van der Waals surface area contributed by atoms with Crippen molar-refractivity contribution < 1.29 is 23.8 Å². The van der Waals surface area contributed by atoms with E-state index in [4.69, 9.17) is 14.2 Å². The molecule has 1 aromatic rings. The van der Waals surface area contributed by atoms with Crippen LogP contribution in [0.5, 0.6) is 0 Å². The topological polar surface area (TPSA) is 61.8 Å². The molecule has 0 saturated carbocycles. The highest BCUT2D eigenvalue weighted by Gasteiger charge is 2.46. The van der Waals surface area contributed by atoms with Crippen LogP contribution in [0, 0.1) is 0 Å². The Morgan fingerprint density at radius 1 is 1.40 bits per heavy atom. The third-order valence-electron chi connectivity index (χ3n) is 2.98. The zero-order valence-corrected chi connectivity index (χ0v) is 11.4. The molecule has 0 aliphatic carbocycles. The molecule has 0 N–H and O–H groups in total. The molecule has 0 bridgehead atoms. The Morgan fingerprint density at radius 3 is 2.75 bits per heavy atom. The van der Waals surface area contributed by atoms with Gasteiger partial charge in [-0.15, -0.1) is 0 Å². The summed E-state index contributed by atoms with van der Waals surface area (Å²) in [4.78, 5) is 22.8. The zero-order chi connectivity index (χ0) is 14.6. The molecule has 2 rings (SSSR count). The quantitative estimate of drug-likeness (QED) is 0.625. The molecule has 1 aliphatic heterocycles. The minimum Gasteiger partial charge on any atom is -0.463 e. The first-order valence-corrected chi connectivity index (χ1v) is 6.35. The molecule has 5 nitrogen and oxygen atoms in total. The number of hydrogen-bond donors (Lipinski definition) is 0. The van der Waals surface area contributed by atoms with Crippen molar-refractivity contribution in [2.75, 3.05) is 6.61 Å². The van der Waals surface area contributed by atoms with Crippen LogP contribution >= 0.6 is 0 Å².